The van der Waals surface area contributed by atoms with Gasteiger partial charge in [0.05, 0.1) is 21.9 Å². The van der Waals surface area contributed by atoms with Gasteiger partial charge >= 0.3 is 5.97 Å². The van der Waals surface area contributed by atoms with Gasteiger partial charge in [-0.25, -0.2) is 4.79 Å². The van der Waals surface area contributed by atoms with Crippen molar-refractivity contribution in [2.45, 2.75) is 6.92 Å². The van der Waals surface area contributed by atoms with E-state index in [-0.39, 0.29) is 16.9 Å². The smallest absolute Gasteiger partial charge is 0.338 e. The van der Waals surface area contributed by atoms with Crippen molar-refractivity contribution in [3.8, 4) is 0 Å². The molecular formula is C12H12N4O4. The van der Waals surface area contributed by atoms with Gasteiger partial charge in [-0.3, -0.25) is 14.8 Å². The lowest BCUT2D eigenvalue weighted by Gasteiger charge is -2.09. The number of carboxylic acid groups (broad SMARTS) is 1. The van der Waals surface area contributed by atoms with Gasteiger partial charge < -0.3 is 10.4 Å². The number of aryl methyl sites for hydroxylation is 2. The monoisotopic (exact) mass is 276 g/mol. The van der Waals surface area contributed by atoms with Gasteiger partial charge in [0, 0.05) is 25.2 Å². The van der Waals surface area contributed by atoms with E-state index in [4.69, 9.17) is 5.11 Å². The van der Waals surface area contributed by atoms with Crippen LogP contribution in [0.3, 0.4) is 0 Å². The molecule has 0 spiro atoms. The molecule has 8 heteroatoms. The minimum Gasteiger partial charge on any atom is -0.478 e. The van der Waals surface area contributed by atoms with Crippen LogP contribution in [0.4, 0.5) is 17.2 Å². The van der Waals surface area contributed by atoms with Gasteiger partial charge in [0.15, 0.2) is 0 Å². The highest BCUT2D eigenvalue weighted by Crippen LogP contribution is 2.25. The maximum atomic E-state index is 11.2. The van der Waals surface area contributed by atoms with Gasteiger partial charge in [-0.1, -0.05) is 0 Å². The summed E-state index contributed by atoms with van der Waals surface area (Å²) in [5, 5.41) is 26.9. The van der Waals surface area contributed by atoms with E-state index in [1.165, 1.54) is 12.1 Å². The minimum absolute atomic E-state index is 0.168. The van der Waals surface area contributed by atoms with Gasteiger partial charge in [-0.2, -0.15) is 5.10 Å². The molecule has 1 aromatic heterocycles. The SMILES string of the molecule is Cc1cc(Nc2ccc([N+](=O)[O-])cc2C(=O)O)n(C)n1. The fourth-order valence-electron chi connectivity index (χ4n) is 1.80. The van der Waals surface area contributed by atoms with E-state index in [1.807, 2.05) is 0 Å². The molecule has 0 atom stereocenters. The number of aromatic carboxylic acids is 1. The van der Waals surface area contributed by atoms with Gasteiger partial charge in [-0.15, -0.1) is 0 Å². The molecular weight excluding hydrogens is 264 g/mol. The van der Waals surface area contributed by atoms with Crippen LogP contribution in [0.15, 0.2) is 24.3 Å². The number of hydrogen-bond donors (Lipinski definition) is 2. The Morgan fingerprint density at radius 1 is 1.45 bits per heavy atom. The van der Waals surface area contributed by atoms with Crippen LogP contribution >= 0.6 is 0 Å². The quantitative estimate of drug-likeness (QED) is 0.653. The van der Waals surface area contributed by atoms with E-state index >= 15 is 0 Å². The molecule has 0 amide bonds. The van der Waals surface area contributed by atoms with Gasteiger partial charge in [0.1, 0.15) is 5.82 Å². The van der Waals surface area contributed by atoms with Crippen LogP contribution in [0, 0.1) is 17.0 Å². The van der Waals surface area contributed by atoms with Crippen molar-refractivity contribution in [1.29, 1.82) is 0 Å². The standard InChI is InChI=1S/C12H12N4O4/c1-7-5-11(15(2)14-7)13-10-4-3-8(16(19)20)6-9(10)12(17)18/h3-6,13H,1-2H3,(H,17,18). The van der Waals surface area contributed by atoms with Crippen LogP contribution in [-0.4, -0.2) is 25.8 Å². The highest BCUT2D eigenvalue weighted by molar-refractivity contribution is 5.95. The lowest BCUT2D eigenvalue weighted by molar-refractivity contribution is -0.384. The fourth-order valence-corrected chi connectivity index (χ4v) is 1.80. The minimum atomic E-state index is -1.24. The van der Waals surface area contributed by atoms with Crippen molar-refractivity contribution in [2.75, 3.05) is 5.32 Å². The van der Waals surface area contributed by atoms with E-state index in [0.717, 1.165) is 11.8 Å². The topological polar surface area (TPSA) is 110 Å². The number of hydrogen-bond acceptors (Lipinski definition) is 5. The average molecular weight is 276 g/mol. The summed E-state index contributed by atoms with van der Waals surface area (Å²) in [6.07, 6.45) is 0. The second-order valence-electron chi connectivity index (χ2n) is 4.21. The maximum absolute atomic E-state index is 11.2. The predicted molar refractivity (Wildman–Crippen MR) is 71.3 cm³/mol. The predicted octanol–water partition coefficient (Wildman–Crippen LogP) is 2.08. The summed E-state index contributed by atoms with van der Waals surface area (Å²) in [6, 6.07) is 5.38. The van der Waals surface area contributed by atoms with E-state index in [2.05, 4.69) is 10.4 Å². The summed E-state index contributed by atoms with van der Waals surface area (Å²) in [4.78, 5) is 21.2. The fraction of sp³-hybridized carbons (Fsp3) is 0.167. The van der Waals surface area contributed by atoms with Crippen LogP contribution in [0.5, 0.6) is 0 Å². The molecule has 1 aromatic carbocycles. The molecule has 104 valence electrons. The van der Waals surface area contributed by atoms with Crippen LogP contribution < -0.4 is 5.32 Å². The van der Waals surface area contributed by atoms with Crippen molar-refractivity contribution in [3.63, 3.8) is 0 Å². The number of nitro groups is 1. The molecule has 0 aliphatic rings. The number of nitrogens with one attached hydrogen (secondary N) is 1. The Bertz CT molecular complexity index is 693. The summed E-state index contributed by atoms with van der Waals surface area (Å²) in [5.74, 6) is -0.644. The molecule has 8 nitrogen and oxygen atoms in total. The Kier molecular flexibility index (Phi) is 3.38. The molecule has 1 heterocycles. The zero-order valence-corrected chi connectivity index (χ0v) is 10.8. The number of carbonyl (C=O) groups is 1. The number of rotatable bonds is 4. The first kappa shape index (κ1) is 13.5. The van der Waals surface area contributed by atoms with Gasteiger partial charge in [0.25, 0.3) is 5.69 Å². The highest BCUT2D eigenvalue weighted by atomic mass is 16.6. The average Bonchev–Trinajstić information content (AvgIpc) is 2.67. The van der Waals surface area contributed by atoms with E-state index < -0.39 is 10.9 Å². The Hall–Kier alpha value is -2.90. The second kappa shape index (κ2) is 5.00. The molecule has 0 aliphatic heterocycles. The molecule has 0 unspecified atom stereocenters. The molecule has 2 rings (SSSR count). The number of nitro benzene ring substituents is 1. The Morgan fingerprint density at radius 3 is 2.65 bits per heavy atom. The van der Waals surface area contributed by atoms with Crippen molar-refractivity contribution < 1.29 is 14.8 Å². The number of benzene rings is 1. The van der Waals surface area contributed by atoms with Crippen molar-refractivity contribution in [2.24, 2.45) is 7.05 Å². The molecule has 0 fully saturated rings. The van der Waals surface area contributed by atoms with E-state index in [1.54, 1.807) is 24.7 Å². The Labute approximate surface area is 113 Å². The highest BCUT2D eigenvalue weighted by Gasteiger charge is 2.17. The number of nitrogens with zero attached hydrogens (tertiary/aromatic N) is 3. The van der Waals surface area contributed by atoms with Crippen molar-refractivity contribution in [3.05, 3.63) is 45.6 Å². The summed E-state index contributed by atoms with van der Waals surface area (Å²) >= 11 is 0. The first-order valence-electron chi connectivity index (χ1n) is 5.68. The molecule has 20 heavy (non-hydrogen) atoms. The first-order chi connectivity index (χ1) is 9.38. The molecule has 0 aliphatic carbocycles. The zero-order valence-electron chi connectivity index (χ0n) is 10.8. The van der Waals surface area contributed by atoms with Crippen LogP contribution in [0.2, 0.25) is 0 Å². The molecule has 0 radical (unpaired) electrons. The third-order valence-corrected chi connectivity index (χ3v) is 2.71. The Balaban J connectivity index is 2.43. The Morgan fingerprint density at radius 2 is 2.15 bits per heavy atom. The second-order valence-corrected chi connectivity index (χ2v) is 4.21. The third-order valence-electron chi connectivity index (χ3n) is 2.71. The lowest BCUT2D eigenvalue weighted by Crippen LogP contribution is -2.06. The normalized spacial score (nSPS) is 10.3. The largest absolute Gasteiger partial charge is 0.478 e. The first-order valence-corrected chi connectivity index (χ1v) is 5.68. The molecule has 0 saturated carbocycles. The van der Waals surface area contributed by atoms with Crippen LogP contribution in [-0.2, 0) is 7.05 Å². The maximum Gasteiger partial charge on any atom is 0.338 e. The molecule has 2 aromatic rings. The van der Waals surface area contributed by atoms with E-state index in [9.17, 15) is 14.9 Å². The summed E-state index contributed by atoms with van der Waals surface area (Å²) in [5.41, 5.74) is 0.604. The zero-order chi connectivity index (χ0) is 14.9. The molecule has 0 saturated heterocycles. The van der Waals surface area contributed by atoms with Crippen LogP contribution in [0.1, 0.15) is 16.1 Å². The summed E-state index contributed by atoms with van der Waals surface area (Å²) in [6.45, 7) is 1.80. The van der Waals surface area contributed by atoms with Gasteiger partial charge in [0.2, 0.25) is 0 Å². The number of anilines is 2. The summed E-state index contributed by atoms with van der Waals surface area (Å²) < 4.78 is 1.56. The molecule has 0 bridgehead atoms. The number of aromatic nitrogens is 2. The molecule has 2 N–H and O–H groups in total. The summed E-state index contributed by atoms with van der Waals surface area (Å²) in [7, 11) is 1.71. The lowest BCUT2D eigenvalue weighted by atomic mass is 10.1. The van der Waals surface area contributed by atoms with Gasteiger partial charge in [-0.05, 0) is 13.0 Å². The number of carboxylic acids is 1. The third kappa shape index (κ3) is 2.58. The van der Waals surface area contributed by atoms with E-state index in [0.29, 0.717) is 5.82 Å². The number of non-ortho nitro benzene ring substituents is 1. The van der Waals surface area contributed by atoms with Crippen molar-refractivity contribution in [1.82, 2.24) is 9.78 Å². The van der Waals surface area contributed by atoms with Crippen molar-refractivity contribution >= 4 is 23.2 Å². The van der Waals surface area contributed by atoms with Crippen LogP contribution in [0.25, 0.3) is 0 Å².